The molecule has 0 unspecified atom stereocenters. The molecule has 12 heavy (non-hydrogen) atoms. The molecule has 1 N–H and O–H groups in total. The number of carbonyl (C=O) groups is 1. The summed E-state index contributed by atoms with van der Waals surface area (Å²) >= 11 is 0. The number of furan rings is 1. The fraction of sp³-hybridized carbons (Fsp3) is 0.444. The quantitative estimate of drug-likeness (QED) is 0.736. The molecular weight excluding hydrogens is 154 g/mol. The Morgan fingerprint density at radius 2 is 2.33 bits per heavy atom. The van der Waals surface area contributed by atoms with Gasteiger partial charge in [-0.15, -0.1) is 0 Å². The van der Waals surface area contributed by atoms with E-state index in [4.69, 9.17) is 4.42 Å². The minimum Gasteiger partial charge on any atom is -0.466 e. The first-order valence-electron chi connectivity index (χ1n) is 3.98. The summed E-state index contributed by atoms with van der Waals surface area (Å²) in [6, 6.07) is 3.80. The van der Waals surface area contributed by atoms with Crippen LogP contribution >= 0.6 is 0 Å². The van der Waals surface area contributed by atoms with Gasteiger partial charge in [-0.2, -0.15) is 0 Å². The van der Waals surface area contributed by atoms with Gasteiger partial charge in [-0.05, 0) is 19.1 Å². The summed E-state index contributed by atoms with van der Waals surface area (Å²) in [5.74, 6) is 1.81. The lowest BCUT2D eigenvalue weighted by molar-refractivity contribution is -0.120. The molecule has 1 heterocycles. The lowest BCUT2D eigenvalue weighted by Gasteiger charge is -1.96. The van der Waals surface area contributed by atoms with Crippen LogP contribution in [-0.2, 0) is 11.2 Å². The summed E-state index contributed by atoms with van der Waals surface area (Å²) in [5, 5.41) is 2.56. The van der Waals surface area contributed by atoms with E-state index in [2.05, 4.69) is 5.32 Å². The predicted octanol–water partition coefficient (Wildman–Crippen LogP) is 1.27. The molecule has 0 atom stereocenters. The molecule has 1 aromatic rings. The maximum Gasteiger partial charge on any atom is 0.220 e. The monoisotopic (exact) mass is 167 g/mol. The Morgan fingerprint density at radius 3 is 2.83 bits per heavy atom. The van der Waals surface area contributed by atoms with Crippen LogP contribution in [0.5, 0.6) is 0 Å². The summed E-state index contributed by atoms with van der Waals surface area (Å²) < 4.78 is 5.30. The van der Waals surface area contributed by atoms with Crippen LogP contribution in [0.2, 0.25) is 0 Å². The molecule has 0 aromatic carbocycles. The molecule has 1 aromatic heterocycles. The Hall–Kier alpha value is -1.25. The zero-order chi connectivity index (χ0) is 8.97. The van der Waals surface area contributed by atoms with E-state index in [9.17, 15) is 4.79 Å². The Labute approximate surface area is 71.8 Å². The van der Waals surface area contributed by atoms with Gasteiger partial charge in [0.15, 0.2) is 0 Å². The zero-order valence-corrected chi connectivity index (χ0v) is 7.39. The molecule has 3 heteroatoms. The summed E-state index contributed by atoms with van der Waals surface area (Å²) in [5.41, 5.74) is 0. The van der Waals surface area contributed by atoms with Crippen molar-refractivity contribution in [3.63, 3.8) is 0 Å². The van der Waals surface area contributed by atoms with Crippen LogP contribution in [0.1, 0.15) is 17.9 Å². The van der Waals surface area contributed by atoms with E-state index < -0.39 is 0 Å². The van der Waals surface area contributed by atoms with Crippen molar-refractivity contribution in [2.75, 3.05) is 7.05 Å². The van der Waals surface area contributed by atoms with E-state index in [1.807, 2.05) is 19.1 Å². The van der Waals surface area contributed by atoms with Gasteiger partial charge in [0.05, 0.1) is 0 Å². The Kier molecular flexibility index (Phi) is 2.91. The van der Waals surface area contributed by atoms with E-state index >= 15 is 0 Å². The molecule has 0 aliphatic rings. The molecule has 0 saturated heterocycles. The lowest BCUT2D eigenvalue weighted by atomic mass is 10.2. The third kappa shape index (κ3) is 2.42. The molecule has 1 rings (SSSR count). The van der Waals surface area contributed by atoms with E-state index in [0.29, 0.717) is 12.8 Å². The van der Waals surface area contributed by atoms with Gasteiger partial charge in [0.25, 0.3) is 0 Å². The molecule has 0 aliphatic heterocycles. The van der Waals surface area contributed by atoms with Crippen molar-refractivity contribution < 1.29 is 9.21 Å². The number of rotatable bonds is 3. The van der Waals surface area contributed by atoms with Gasteiger partial charge in [-0.1, -0.05) is 0 Å². The lowest BCUT2D eigenvalue weighted by Crippen LogP contribution is -2.17. The predicted molar refractivity (Wildman–Crippen MR) is 45.8 cm³/mol. The SMILES string of the molecule is CNC(=O)CCc1ccc(C)o1. The van der Waals surface area contributed by atoms with Crippen LogP contribution in [0, 0.1) is 6.92 Å². The number of aryl methyl sites for hydroxylation is 2. The van der Waals surface area contributed by atoms with Crippen LogP contribution in [-0.4, -0.2) is 13.0 Å². The van der Waals surface area contributed by atoms with Crippen LogP contribution in [0.15, 0.2) is 16.5 Å². The average Bonchev–Trinajstić information content (AvgIpc) is 2.47. The van der Waals surface area contributed by atoms with Crippen molar-refractivity contribution in [3.8, 4) is 0 Å². The number of hydrogen-bond donors (Lipinski definition) is 1. The molecule has 66 valence electrons. The van der Waals surface area contributed by atoms with Gasteiger partial charge in [0.2, 0.25) is 5.91 Å². The maximum atomic E-state index is 10.8. The summed E-state index contributed by atoms with van der Waals surface area (Å²) in [7, 11) is 1.63. The highest BCUT2D eigenvalue weighted by Crippen LogP contribution is 2.08. The summed E-state index contributed by atoms with van der Waals surface area (Å²) in [6.45, 7) is 1.89. The van der Waals surface area contributed by atoms with Gasteiger partial charge in [-0.25, -0.2) is 0 Å². The van der Waals surface area contributed by atoms with Crippen LogP contribution < -0.4 is 5.32 Å². The third-order valence-corrected chi connectivity index (χ3v) is 1.67. The van der Waals surface area contributed by atoms with E-state index in [1.165, 1.54) is 0 Å². The standard InChI is InChI=1S/C9H13NO2/c1-7-3-4-8(12-7)5-6-9(11)10-2/h3-4H,5-6H2,1-2H3,(H,10,11). The minimum absolute atomic E-state index is 0.0454. The van der Waals surface area contributed by atoms with Crippen molar-refractivity contribution in [1.29, 1.82) is 0 Å². The normalized spacial score (nSPS) is 9.83. The van der Waals surface area contributed by atoms with Gasteiger partial charge in [-0.3, -0.25) is 4.79 Å². The largest absolute Gasteiger partial charge is 0.466 e. The van der Waals surface area contributed by atoms with E-state index in [1.54, 1.807) is 7.05 Å². The second-order valence-corrected chi connectivity index (χ2v) is 2.69. The fourth-order valence-corrected chi connectivity index (χ4v) is 0.981. The molecule has 0 spiro atoms. The molecule has 0 saturated carbocycles. The third-order valence-electron chi connectivity index (χ3n) is 1.67. The topological polar surface area (TPSA) is 42.2 Å². The van der Waals surface area contributed by atoms with Crippen molar-refractivity contribution >= 4 is 5.91 Å². The zero-order valence-electron chi connectivity index (χ0n) is 7.39. The molecule has 3 nitrogen and oxygen atoms in total. The van der Waals surface area contributed by atoms with Crippen molar-refractivity contribution in [1.82, 2.24) is 5.32 Å². The minimum atomic E-state index is 0.0454. The first-order valence-corrected chi connectivity index (χ1v) is 3.98. The van der Waals surface area contributed by atoms with Crippen LogP contribution in [0.3, 0.4) is 0 Å². The van der Waals surface area contributed by atoms with Gasteiger partial charge >= 0.3 is 0 Å². The van der Waals surface area contributed by atoms with Crippen molar-refractivity contribution in [2.45, 2.75) is 19.8 Å². The van der Waals surface area contributed by atoms with Gasteiger partial charge in [0.1, 0.15) is 11.5 Å². The van der Waals surface area contributed by atoms with Crippen molar-refractivity contribution in [2.24, 2.45) is 0 Å². The van der Waals surface area contributed by atoms with E-state index in [0.717, 1.165) is 11.5 Å². The highest BCUT2D eigenvalue weighted by Gasteiger charge is 2.01. The van der Waals surface area contributed by atoms with Gasteiger partial charge in [0, 0.05) is 19.9 Å². The number of nitrogens with one attached hydrogen (secondary N) is 1. The van der Waals surface area contributed by atoms with Crippen LogP contribution in [0.4, 0.5) is 0 Å². The highest BCUT2D eigenvalue weighted by molar-refractivity contribution is 5.75. The Balaban J connectivity index is 2.38. The number of hydrogen-bond acceptors (Lipinski definition) is 2. The molecule has 0 radical (unpaired) electrons. The first-order chi connectivity index (χ1) is 5.72. The maximum absolute atomic E-state index is 10.8. The number of carbonyl (C=O) groups excluding carboxylic acids is 1. The second kappa shape index (κ2) is 3.95. The summed E-state index contributed by atoms with van der Waals surface area (Å²) in [6.07, 6.45) is 1.16. The fourth-order valence-electron chi connectivity index (χ4n) is 0.981. The number of amides is 1. The highest BCUT2D eigenvalue weighted by atomic mass is 16.3. The molecular formula is C9H13NO2. The van der Waals surface area contributed by atoms with Gasteiger partial charge < -0.3 is 9.73 Å². The molecule has 0 aliphatic carbocycles. The molecule has 0 fully saturated rings. The second-order valence-electron chi connectivity index (χ2n) is 2.69. The molecule has 0 bridgehead atoms. The smallest absolute Gasteiger partial charge is 0.220 e. The Morgan fingerprint density at radius 1 is 1.58 bits per heavy atom. The first kappa shape index (κ1) is 8.84. The molecule has 1 amide bonds. The average molecular weight is 167 g/mol. The van der Waals surface area contributed by atoms with E-state index in [-0.39, 0.29) is 5.91 Å². The summed E-state index contributed by atoms with van der Waals surface area (Å²) in [4.78, 5) is 10.8. The van der Waals surface area contributed by atoms with Crippen LogP contribution in [0.25, 0.3) is 0 Å². The van der Waals surface area contributed by atoms with Crippen molar-refractivity contribution in [3.05, 3.63) is 23.7 Å². The Bertz CT molecular complexity index is 265.